The van der Waals surface area contributed by atoms with Crippen molar-refractivity contribution < 1.29 is 29.1 Å². The van der Waals surface area contributed by atoms with Crippen LogP contribution >= 0.6 is 0 Å². The molecule has 8 N–H and O–H groups in total. The van der Waals surface area contributed by atoms with Gasteiger partial charge in [-0.05, 0) is 25.2 Å². The average Bonchev–Trinajstić information content (AvgIpc) is 3.46. The van der Waals surface area contributed by atoms with E-state index in [2.05, 4.69) is 20.6 Å². The Hall–Kier alpha value is -3.48. The topological polar surface area (TPSA) is 214 Å². The number of nitrogens with one attached hydrogen (secondary N) is 3. The van der Waals surface area contributed by atoms with Gasteiger partial charge in [0.15, 0.2) is 0 Å². The number of carboxylic acids is 1. The molecule has 1 aliphatic rings. The van der Waals surface area contributed by atoms with Crippen molar-refractivity contribution in [2.24, 2.45) is 17.4 Å². The molecule has 13 nitrogen and oxygen atoms in total. The zero-order valence-corrected chi connectivity index (χ0v) is 19.3. The summed E-state index contributed by atoms with van der Waals surface area (Å²) in [6.07, 6.45) is 3.50. The summed E-state index contributed by atoms with van der Waals surface area (Å²) in [4.78, 5) is 69.6. The van der Waals surface area contributed by atoms with Gasteiger partial charge in [0.25, 0.3) is 0 Å². The van der Waals surface area contributed by atoms with Crippen molar-refractivity contribution in [2.75, 3.05) is 6.54 Å². The van der Waals surface area contributed by atoms with Crippen LogP contribution < -0.4 is 22.1 Å². The number of imidazole rings is 1. The van der Waals surface area contributed by atoms with Crippen molar-refractivity contribution in [3.63, 3.8) is 0 Å². The zero-order valence-electron chi connectivity index (χ0n) is 19.3. The molecule has 1 aliphatic heterocycles. The van der Waals surface area contributed by atoms with Gasteiger partial charge in [0.05, 0.1) is 12.4 Å². The first-order chi connectivity index (χ1) is 16.0. The summed E-state index contributed by atoms with van der Waals surface area (Å²) in [5, 5.41) is 14.6. The third-order valence-electron chi connectivity index (χ3n) is 5.75. The second kappa shape index (κ2) is 12.1. The molecule has 1 aromatic rings. The lowest BCUT2D eigenvalue weighted by Gasteiger charge is -2.30. The van der Waals surface area contributed by atoms with Gasteiger partial charge in [-0.2, -0.15) is 0 Å². The number of amides is 4. The number of nitrogens with zero attached hydrogens (tertiary/aromatic N) is 2. The molecule has 1 saturated heterocycles. The van der Waals surface area contributed by atoms with Crippen LogP contribution in [0.25, 0.3) is 0 Å². The van der Waals surface area contributed by atoms with Crippen molar-refractivity contribution in [2.45, 2.75) is 70.1 Å². The number of aromatic amines is 1. The van der Waals surface area contributed by atoms with Gasteiger partial charge < -0.3 is 37.1 Å². The fourth-order valence-corrected chi connectivity index (χ4v) is 3.70. The summed E-state index contributed by atoms with van der Waals surface area (Å²) in [5.74, 6) is -3.77. The van der Waals surface area contributed by atoms with Crippen LogP contribution in [0.15, 0.2) is 12.5 Å². The first-order valence-electron chi connectivity index (χ1n) is 11.2. The molecular weight excluding hydrogens is 446 g/mol. The number of likely N-dealkylation sites (tertiary alicyclic amines) is 1. The van der Waals surface area contributed by atoms with Gasteiger partial charge in [-0.1, -0.05) is 13.8 Å². The molecule has 4 unspecified atom stereocenters. The first kappa shape index (κ1) is 26.8. The van der Waals surface area contributed by atoms with Crippen molar-refractivity contribution in [3.05, 3.63) is 18.2 Å². The number of hydrogen-bond acceptors (Lipinski definition) is 7. The molecule has 0 spiro atoms. The second-order valence-corrected chi connectivity index (χ2v) is 8.71. The highest BCUT2D eigenvalue weighted by Gasteiger charge is 2.39. The van der Waals surface area contributed by atoms with Gasteiger partial charge in [0.2, 0.25) is 23.6 Å². The molecule has 0 saturated carbocycles. The molecule has 0 bridgehead atoms. The van der Waals surface area contributed by atoms with Gasteiger partial charge in [-0.15, -0.1) is 0 Å². The second-order valence-electron chi connectivity index (χ2n) is 8.71. The maximum absolute atomic E-state index is 13.3. The Balaban J connectivity index is 2.13. The Morgan fingerprint density at radius 3 is 2.50 bits per heavy atom. The molecule has 13 heteroatoms. The normalized spacial score (nSPS) is 18.2. The van der Waals surface area contributed by atoms with Crippen LogP contribution in [0.2, 0.25) is 0 Å². The van der Waals surface area contributed by atoms with Crippen molar-refractivity contribution in [3.8, 4) is 0 Å². The highest BCUT2D eigenvalue weighted by Crippen LogP contribution is 2.20. The quantitative estimate of drug-likeness (QED) is 0.202. The third-order valence-corrected chi connectivity index (χ3v) is 5.75. The molecule has 1 fully saturated rings. The highest BCUT2D eigenvalue weighted by molar-refractivity contribution is 5.94. The van der Waals surface area contributed by atoms with Crippen LogP contribution in [0.3, 0.4) is 0 Å². The Morgan fingerprint density at radius 1 is 1.24 bits per heavy atom. The monoisotopic (exact) mass is 479 g/mol. The van der Waals surface area contributed by atoms with Crippen molar-refractivity contribution in [1.82, 2.24) is 25.5 Å². The lowest BCUT2D eigenvalue weighted by Crippen LogP contribution is -2.57. The number of H-pyrrole nitrogens is 1. The van der Waals surface area contributed by atoms with Crippen LogP contribution in [0.4, 0.5) is 0 Å². The summed E-state index contributed by atoms with van der Waals surface area (Å²) >= 11 is 0. The van der Waals surface area contributed by atoms with Crippen LogP contribution in [0, 0.1) is 5.92 Å². The summed E-state index contributed by atoms with van der Waals surface area (Å²) in [6.45, 7) is 3.76. The molecule has 188 valence electrons. The Kier molecular flexibility index (Phi) is 9.54. The molecule has 0 aromatic carbocycles. The van der Waals surface area contributed by atoms with E-state index in [1.165, 1.54) is 17.4 Å². The van der Waals surface area contributed by atoms with Gasteiger partial charge in [-0.3, -0.25) is 19.2 Å². The molecule has 4 atom stereocenters. The maximum Gasteiger partial charge on any atom is 0.326 e. The van der Waals surface area contributed by atoms with Crippen LogP contribution in [0.5, 0.6) is 0 Å². The average molecular weight is 480 g/mol. The number of carboxylic acid groups (broad SMARTS) is 1. The van der Waals surface area contributed by atoms with E-state index in [-0.39, 0.29) is 31.7 Å². The number of hydrogen-bond donors (Lipinski definition) is 6. The van der Waals surface area contributed by atoms with Gasteiger partial charge >= 0.3 is 5.97 Å². The number of aromatic nitrogens is 2. The lowest BCUT2D eigenvalue weighted by atomic mass is 10.0. The summed E-state index contributed by atoms with van der Waals surface area (Å²) in [5.41, 5.74) is 11.6. The third kappa shape index (κ3) is 7.27. The fourth-order valence-electron chi connectivity index (χ4n) is 3.70. The van der Waals surface area contributed by atoms with E-state index < -0.39 is 53.8 Å². The van der Waals surface area contributed by atoms with E-state index in [4.69, 9.17) is 11.5 Å². The summed E-state index contributed by atoms with van der Waals surface area (Å²) in [6, 6.07) is -4.10. The van der Waals surface area contributed by atoms with E-state index >= 15 is 0 Å². The predicted molar refractivity (Wildman–Crippen MR) is 120 cm³/mol. The minimum Gasteiger partial charge on any atom is -0.480 e. The van der Waals surface area contributed by atoms with Crippen LogP contribution in [0.1, 0.15) is 45.2 Å². The van der Waals surface area contributed by atoms with Gasteiger partial charge in [-0.25, -0.2) is 9.78 Å². The van der Waals surface area contributed by atoms with E-state index in [1.54, 1.807) is 13.8 Å². The molecule has 4 amide bonds. The molecule has 2 rings (SSSR count). The van der Waals surface area contributed by atoms with E-state index in [9.17, 15) is 29.1 Å². The van der Waals surface area contributed by atoms with E-state index in [1.807, 2.05) is 0 Å². The van der Waals surface area contributed by atoms with E-state index in [0.717, 1.165) is 0 Å². The minimum atomic E-state index is -1.23. The smallest absolute Gasteiger partial charge is 0.326 e. The first-order valence-corrected chi connectivity index (χ1v) is 11.2. The standard InChI is InChI=1S/C21H33N7O6/c1-11(2)17(23)19(31)26-13(5-6-16(22)29)20(32)28-7-3-4-15(28)18(30)27-14(21(33)34)8-12-9-24-10-25-12/h9-11,13-15,17H,3-8,23H2,1-2H3,(H2,22,29)(H,24,25)(H,26,31)(H,27,30)(H,33,34). The molecule has 0 aliphatic carbocycles. The number of carbonyl (C=O) groups is 5. The van der Waals surface area contributed by atoms with Gasteiger partial charge in [0, 0.05) is 31.3 Å². The molecule has 0 radical (unpaired) electrons. The number of primary amides is 1. The molecule has 2 heterocycles. The number of aliphatic carboxylic acids is 1. The predicted octanol–water partition coefficient (Wildman–Crippen LogP) is -1.75. The van der Waals surface area contributed by atoms with Gasteiger partial charge in [0.1, 0.15) is 18.1 Å². The lowest BCUT2D eigenvalue weighted by molar-refractivity contribution is -0.145. The Bertz CT molecular complexity index is 888. The highest BCUT2D eigenvalue weighted by atomic mass is 16.4. The fraction of sp³-hybridized carbons (Fsp3) is 0.619. The Labute approximate surface area is 197 Å². The molecule has 34 heavy (non-hydrogen) atoms. The Morgan fingerprint density at radius 2 is 1.94 bits per heavy atom. The van der Waals surface area contributed by atoms with Crippen molar-refractivity contribution >= 4 is 29.6 Å². The summed E-state index contributed by atoms with van der Waals surface area (Å²) in [7, 11) is 0. The number of rotatable bonds is 12. The van der Waals surface area contributed by atoms with E-state index in [0.29, 0.717) is 18.5 Å². The minimum absolute atomic E-state index is 0.00781. The van der Waals surface area contributed by atoms with Crippen LogP contribution in [-0.2, 0) is 30.4 Å². The summed E-state index contributed by atoms with van der Waals surface area (Å²) < 4.78 is 0. The van der Waals surface area contributed by atoms with Crippen LogP contribution in [-0.4, -0.2) is 80.3 Å². The SMILES string of the molecule is CC(C)C(N)C(=O)NC(CCC(N)=O)C(=O)N1CCCC1C(=O)NC(Cc1cnc[nH]1)C(=O)O. The maximum atomic E-state index is 13.3. The number of nitrogens with two attached hydrogens (primary N) is 2. The van der Waals surface area contributed by atoms with Crippen molar-refractivity contribution in [1.29, 1.82) is 0 Å². The number of carbonyl (C=O) groups excluding carboxylic acids is 4. The molecular formula is C21H33N7O6. The zero-order chi connectivity index (χ0) is 25.4. The molecule has 1 aromatic heterocycles. The largest absolute Gasteiger partial charge is 0.480 e.